The van der Waals surface area contributed by atoms with Gasteiger partial charge in [0, 0.05) is 24.2 Å². The van der Waals surface area contributed by atoms with Gasteiger partial charge >= 0.3 is 0 Å². The summed E-state index contributed by atoms with van der Waals surface area (Å²) < 4.78 is 18.0. The van der Waals surface area contributed by atoms with Gasteiger partial charge in [-0.1, -0.05) is 41.6 Å². The van der Waals surface area contributed by atoms with E-state index in [2.05, 4.69) is 20.7 Å². The molecule has 9 nitrogen and oxygen atoms in total. The summed E-state index contributed by atoms with van der Waals surface area (Å²) in [7, 11) is 4.63. The van der Waals surface area contributed by atoms with Crippen LogP contribution in [0.25, 0.3) is 11.4 Å². The predicted octanol–water partition coefficient (Wildman–Crippen LogP) is 3.54. The fourth-order valence-corrected chi connectivity index (χ4v) is 3.88. The van der Waals surface area contributed by atoms with Crippen LogP contribution in [0.4, 0.5) is 0 Å². The molecule has 1 N–H and O–H groups in total. The molecule has 174 valence electrons. The van der Waals surface area contributed by atoms with Crippen molar-refractivity contribution in [3.05, 3.63) is 47.5 Å². The maximum absolute atomic E-state index is 12.3. The normalized spacial score (nSPS) is 10.9. The van der Waals surface area contributed by atoms with Crippen LogP contribution in [0.3, 0.4) is 0 Å². The maximum Gasteiger partial charge on any atom is 0.250 e. The summed E-state index contributed by atoms with van der Waals surface area (Å²) in [5.74, 6) is 2.26. The van der Waals surface area contributed by atoms with Gasteiger partial charge in [-0.15, -0.1) is 10.2 Å². The second-order valence-corrected chi connectivity index (χ2v) is 7.89. The number of hydrogen-bond acceptors (Lipinski definition) is 8. The molecule has 0 unspecified atom stereocenters. The van der Waals surface area contributed by atoms with Crippen LogP contribution in [0.15, 0.2) is 46.7 Å². The summed E-state index contributed by atoms with van der Waals surface area (Å²) in [5, 5.41) is 13.3. The number of thioether (sulfide) groups is 1. The number of aromatic nitrogens is 3. The molecule has 1 amide bonds. The van der Waals surface area contributed by atoms with E-state index in [4.69, 9.17) is 14.2 Å². The number of nitrogens with zero attached hydrogens (tertiary/aromatic N) is 4. The third kappa shape index (κ3) is 5.83. The lowest BCUT2D eigenvalue weighted by Gasteiger charge is -2.12. The standard InChI is InChI=1S/C23H27N5O4S/c1-6-28-22(16-9-7-15(2)8-10-16)26-27-23(28)33-14-21(29)25-24-13-18-19(31-4)11-17(30-3)12-20(18)32-5/h7-13H,6,14H2,1-5H3,(H,25,29). The molecule has 3 aromatic rings. The smallest absolute Gasteiger partial charge is 0.250 e. The van der Waals surface area contributed by atoms with Gasteiger partial charge < -0.3 is 18.8 Å². The molecule has 3 rings (SSSR count). The number of carbonyl (C=O) groups is 1. The van der Waals surface area contributed by atoms with E-state index in [1.165, 1.54) is 37.8 Å². The van der Waals surface area contributed by atoms with Crippen LogP contribution >= 0.6 is 11.8 Å². The summed E-state index contributed by atoms with van der Waals surface area (Å²) in [6, 6.07) is 11.5. The Morgan fingerprint density at radius 2 is 1.76 bits per heavy atom. The molecule has 0 radical (unpaired) electrons. The van der Waals surface area contributed by atoms with Crippen LogP contribution < -0.4 is 19.6 Å². The summed E-state index contributed by atoms with van der Waals surface area (Å²) in [6.45, 7) is 4.75. The Bertz CT molecular complexity index is 1100. The van der Waals surface area contributed by atoms with Crippen molar-refractivity contribution < 1.29 is 19.0 Å². The number of amides is 1. The van der Waals surface area contributed by atoms with Gasteiger partial charge in [0.15, 0.2) is 11.0 Å². The van der Waals surface area contributed by atoms with Crippen LogP contribution in [-0.2, 0) is 11.3 Å². The molecule has 33 heavy (non-hydrogen) atoms. The van der Waals surface area contributed by atoms with E-state index < -0.39 is 0 Å². The summed E-state index contributed by atoms with van der Waals surface area (Å²) in [4.78, 5) is 12.3. The van der Waals surface area contributed by atoms with Crippen molar-refractivity contribution in [2.24, 2.45) is 5.10 Å². The molecule has 0 fully saturated rings. The minimum atomic E-state index is -0.273. The van der Waals surface area contributed by atoms with Crippen molar-refractivity contribution in [2.45, 2.75) is 25.5 Å². The third-order valence-corrected chi connectivity index (χ3v) is 5.78. The summed E-state index contributed by atoms with van der Waals surface area (Å²) >= 11 is 1.30. The summed E-state index contributed by atoms with van der Waals surface area (Å²) in [6.07, 6.45) is 1.48. The van der Waals surface area contributed by atoms with Crippen LogP contribution in [0, 0.1) is 6.92 Å². The minimum absolute atomic E-state index is 0.139. The Kier molecular flexibility index (Phi) is 8.31. The van der Waals surface area contributed by atoms with E-state index >= 15 is 0 Å². The van der Waals surface area contributed by atoms with Crippen molar-refractivity contribution in [1.29, 1.82) is 0 Å². The molecule has 0 atom stereocenters. The van der Waals surface area contributed by atoms with Gasteiger partial charge in [0.2, 0.25) is 0 Å². The molecule has 0 aliphatic heterocycles. The van der Waals surface area contributed by atoms with Gasteiger partial charge in [-0.05, 0) is 13.8 Å². The number of ether oxygens (including phenoxy) is 3. The molecule has 0 aliphatic rings. The van der Waals surface area contributed by atoms with Crippen molar-refractivity contribution >= 4 is 23.9 Å². The molecule has 10 heteroatoms. The Labute approximate surface area is 197 Å². The van der Waals surface area contributed by atoms with Gasteiger partial charge in [-0.2, -0.15) is 5.10 Å². The average Bonchev–Trinajstić information content (AvgIpc) is 3.25. The Morgan fingerprint density at radius 1 is 1.09 bits per heavy atom. The van der Waals surface area contributed by atoms with Crippen molar-refractivity contribution in [3.8, 4) is 28.6 Å². The zero-order chi connectivity index (χ0) is 23.8. The van der Waals surface area contributed by atoms with Gasteiger partial charge in [-0.3, -0.25) is 4.79 Å². The van der Waals surface area contributed by atoms with E-state index in [1.807, 2.05) is 42.7 Å². The van der Waals surface area contributed by atoms with E-state index in [9.17, 15) is 4.79 Å². The van der Waals surface area contributed by atoms with Gasteiger partial charge in [0.1, 0.15) is 17.2 Å². The molecular formula is C23H27N5O4S. The van der Waals surface area contributed by atoms with E-state index in [-0.39, 0.29) is 11.7 Å². The second kappa shape index (κ2) is 11.4. The fourth-order valence-electron chi connectivity index (χ4n) is 3.09. The topological polar surface area (TPSA) is 99.9 Å². The monoisotopic (exact) mass is 469 g/mol. The largest absolute Gasteiger partial charge is 0.496 e. The highest BCUT2D eigenvalue weighted by atomic mass is 32.2. The van der Waals surface area contributed by atoms with Gasteiger partial charge in [0.05, 0.1) is 38.9 Å². The van der Waals surface area contributed by atoms with Crippen LogP contribution in [0.1, 0.15) is 18.1 Å². The third-order valence-electron chi connectivity index (χ3n) is 4.81. The zero-order valence-corrected chi connectivity index (χ0v) is 20.1. The number of benzene rings is 2. The fraction of sp³-hybridized carbons (Fsp3) is 0.304. The lowest BCUT2D eigenvalue weighted by Crippen LogP contribution is -2.20. The number of hydrazone groups is 1. The maximum atomic E-state index is 12.3. The molecule has 0 bridgehead atoms. The quantitative estimate of drug-likeness (QED) is 0.275. The number of rotatable bonds is 10. The van der Waals surface area contributed by atoms with E-state index in [0.29, 0.717) is 34.5 Å². The molecule has 0 saturated carbocycles. The van der Waals surface area contributed by atoms with Crippen molar-refractivity contribution in [1.82, 2.24) is 20.2 Å². The van der Waals surface area contributed by atoms with Crippen molar-refractivity contribution in [3.63, 3.8) is 0 Å². The van der Waals surface area contributed by atoms with Crippen LogP contribution in [0.5, 0.6) is 17.2 Å². The number of hydrogen-bond donors (Lipinski definition) is 1. The number of methoxy groups -OCH3 is 3. The lowest BCUT2D eigenvalue weighted by molar-refractivity contribution is -0.118. The molecule has 1 aromatic heterocycles. The first-order chi connectivity index (χ1) is 16.0. The SMILES string of the molecule is CCn1c(SCC(=O)NN=Cc2c(OC)cc(OC)cc2OC)nnc1-c1ccc(C)cc1. The molecule has 0 aliphatic carbocycles. The molecular weight excluding hydrogens is 442 g/mol. The van der Waals surface area contributed by atoms with Gasteiger partial charge in [-0.25, -0.2) is 5.43 Å². The molecule has 0 spiro atoms. The highest BCUT2D eigenvalue weighted by Gasteiger charge is 2.15. The van der Waals surface area contributed by atoms with Gasteiger partial charge in [0.25, 0.3) is 5.91 Å². The Morgan fingerprint density at radius 3 is 2.33 bits per heavy atom. The number of nitrogens with one attached hydrogen (secondary N) is 1. The number of carbonyl (C=O) groups excluding carboxylic acids is 1. The van der Waals surface area contributed by atoms with E-state index in [1.54, 1.807) is 19.2 Å². The Hall–Kier alpha value is -3.53. The number of aryl methyl sites for hydroxylation is 1. The average molecular weight is 470 g/mol. The zero-order valence-electron chi connectivity index (χ0n) is 19.3. The lowest BCUT2D eigenvalue weighted by atomic mass is 10.1. The highest BCUT2D eigenvalue weighted by molar-refractivity contribution is 7.99. The van der Waals surface area contributed by atoms with Crippen LogP contribution in [-0.4, -0.2) is 54.0 Å². The minimum Gasteiger partial charge on any atom is -0.496 e. The highest BCUT2D eigenvalue weighted by Crippen LogP contribution is 2.32. The first-order valence-corrected chi connectivity index (χ1v) is 11.2. The van der Waals surface area contributed by atoms with E-state index in [0.717, 1.165) is 11.4 Å². The van der Waals surface area contributed by atoms with Crippen LogP contribution in [0.2, 0.25) is 0 Å². The predicted molar refractivity (Wildman–Crippen MR) is 128 cm³/mol. The molecule has 0 saturated heterocycles. The Balaban J connectivity index is 1.65. The first-order valence-electron chi connectivity index (χ1n) is 10.3. The first kappa shape index (κ1) is 24.1. The molecule has 2 aromatic carbocycles. The van der Waals surface area contributed by atoms with Crippen molar-refractivity contribution in [2.75, 3.05) is 27.1 Å². The second-order valence-electron chi connectivity index (χ2n) is 6.94. The summed E-state index contributed by atoms with van der Waals surface area (Å²) in [5.41, 5.74) is 5.27. The molecule has 1 heterocycles.